The second kappa shape index (κ2) is 17.3. The number of halogens is 1. The molecule has 3 aliphatic rings. The van der Waals surface area contributed by atoms with Gasteiger partial charge in [-0.3, -0.25) is 9.80 Å². The molecule has 252 valence electrons. The van der Waals surface area contributed by atoms with Crippen LogP contribution in [-0.2, 0) is 17.9 Å². The predicted octanol–water partition coefficient (Wildman–Crippen LogP) is 5.80. The Balaban J connectivity index is 0.857. The summed E-state index contributed by atoms with van der Waals surface area (Å²) < 4.78 is 14.0. The van der Waals surface area contributed by atoms with E-state index < -0.39 is 0 Å². The highest BCUT2D eigenvalue weighted by Crippen LogP contribution is 2.26. The van der Waals surface area contributed by atoms with E-state index >= 15 is 0 Å². The third-order valence-electron chi connectivity index (χ3n) is 10.4. The maximum atomic E-state index is 6.12. The first kappa shape index (κ1) is 33.7. The summed E-state index contributed by atoms with van der Waals surface area (Å²) in [7, 11) is 0. The molecule has 0 saturated carbocycles. The van der Waals surface area contributed by atoms with Crippen molar-refractivity contribution in [1.82, 2.24) is 29.2 Å². The number of ether oxygens (including phenoxy) is 2. The van der Waals surface area contributed by atoms with Gasteiger partial charge in [-0.15, -0.1) is 0 Å². The molecule has 4 heterocycles. The molecule has 3 fully saturated rings. The Kier molecular flexibility index (Phi) is 12.7. The van der Waals surface area contributed by atoms with Crippen LogP contribution in [0.25, 0.3) is 11.0 Å². The number of hydrogen-bond donors (Lipinski definition) is 0. The predicted molar refractivity (Wildman–Crippen MR) is 188 cm³/mol. The summed E-state index contributed by atoms with van der Waals surface area (Å²) in [6.07, 6.45) is 7.80. The van der Waals surface area contributed by atoms with Crippen molar-refractivity contribution in [3.8, 4) is 5.75 Å². The first-order valence-electron chi connectivity index (χ1n) is 17.9. The third kappa shape index (κ3) is 9.68. The molecule has 0 aliphatic carbocycles. The molecular weight excluding hydrogens is 596 g/mol. The van der Waals surface area contributed by atoms with Crippen LogP contribution in [0.1, 0.15) is 49.9 Å². The van der Waals surface area contributed by atoms with E-state index in [9.17, 15) is 0 Å². The Labute approximate surface area is 281 Å². The molecule has 0 spiro atoms. The normalized spacial score (nSPS) is 19.7. The number of rotatable bonds is 15. The number of fused-ring (bicyclic) bond motifs is 1. The number of morpholine rings is 1. The maximum Gasteiger partial charge on any atom is 0.148 e. The van der Waals surface area contributed by atoms with Crippen molar-refractivity contribution in [1.29, 1.82) is 0 Å². The Hall–Kier alpha value is -2.20. The van der Waals surface area contributed by atoms with E-state index in [2.05, 4.69) is 49.3 Å². The minimum Gasteiger partial charge on any atom is -0.486 e. The van der Waals surface area contributed by atoms with Crippen molar-refractivity contribution in [3.05, 3.63) is 58.9 Å². The summed E-state index contributed by atoms with van der Waals surface area (Å²) in [5.74, 6) is 2.65. The Morgan fingerprint density at radius 3 is 2.07 bits per heavy atom. The average Bonchev–Trinajstić information content (AvgIpc) is 3.45. The number of likely N-dealkylation sites (tertiary alicyclic amines) is 1. The Morgan fingerprint density at radius 1 is 0.739 bits per heavy atom. The van der Waals surface area contributed by atoms with Gasteiger partial charge in [-0.05, 0) is 113 Å². The van der Waals surface area contributed by atoms with Gasteiger partial charge in [0.2, 0.25) is 0 Å². The number of piperidine rings is 1. The first-order chi connectivity index (χ1) is 22.6. The molecule has 1 aromatic heterocycles. The molecule has 3 aliphatic heterocycles. The van der Waals surface area contributed by atoms with Gasteiger partial charge in [-0.1, -0.05) is 23.7 Å². The van der Waals surface area contributed by atoms with Gasteiger partial charge in [0.1, 0.15) is 18.2 Å². The number of unbranched alkanes of at least 4 members (excludes halogenated alkanes) is 1. The van der Waals surface area contributed by atoms with Crippen molar-refractivity contribution in [2.75, 3.05) is 91.8 Å². The van der Waals surface area contributed by atoms with Gasteiger partial charge >= 0.3 is 0 Å². The molecule has 0 radical (unpaired) electrons. The van der Waals surface area contributed by atoms with Gasteiger partial charge in [0.25, 0.3) is 0 Å². The zero-order valence-corrected chi connectivity index (χ0v) is 28.8. The van der Waals surface area contributed by atoms with Gasteiger partial charge in [-0.25, -0.2) is 4.98 Å². The van der Waals surface area contributed by atoms with Crippen LogP contribution in [0.4, 0.5) is 0 Å². The quantitative estimate of drug-likeness (QED) is 0.193. The van der Waals surface area contributed by atoms with Gasteiger partial charge in [-0.2, -0.15) is 0 Å². The maximum absolute atomic E-state index is 6.12. The molecule has 46 heavy (non-hydrogen) atoms. The van der Waals surface area contributed by atoms with Gasteiger partial charge in [0.15, 0.2) is 0 Å². The molecule has 2 aromatic carbocycles. The lowest BCUT2D eigenvalue weighted by atomic mass is 9.92. The second-order valence-corrected chi connectivity index (χ2v) is 14.1. The molecule has 9 heteroatoms. The number of imidazole rings is 1. The van der Waals surface area contributed by atoms with Crippen molar-refractivity contribution >= 4 is 22.6 Å². The summed E-state index contributed by atoms with van der Waals surface area (Å²) in [6.45, 7) is 20.0. The highest BCUT2D eigenvalue weighted by Gasteiger charge is 2.21. The summed E-state index contributed by atoms with van der Waals surface area (Å²) in [5.41, 5.74) is 3.52. The number of benzene rings is 2. The molecule has 0 N–H and O–H groups in total. The highest BCUT2D eigenvalue weighted by molar-refractivity contribution is 6.30. The fraction of sp³-hybridized carbons (Fsp3) is 0.649. The monoisotopic (exact) mass is 650 g/mol. The lowest BCUT2D eigenvalue weighted by Crippen LogP contribution is -2.49. The minimum absolute atomic E-state index is 0.458. The van der Waals surface area contributed by atoms with Gasteiger partial charge in [0.05, 0.1) is 24.2 Å². The van der Waals surface area contributed by atoms with E-state index in [0.29, 0.717) is 6.61 Å². The highest BCUT2D eigenvalue weighted by atomic mass is 35.5. The summed E-state index contributed by atoms with van der Waals surface area (Å²) in [6, 6.07) is 14.1. The molecule has 0 bridgehead atoms. The van der Waals surface area contributed by atoms with E-state index in [1.54, 1.807) is 0 Å². The largest absolute Gasteiger partial charge is 0.486 e. The van der Waals surface area contributed by atoms with Crippen LogP contribution in [0.5, 0.6) is 5.75 Å². The van der Waals surface area contributed by atoms with Crippen LogP contribution >= 0.6 is 11.6 Å². The molecular formula is C37H55ClN6O2. The van der Waals surface area contributed by atoms with E-state index in [4.69, 9.17) is 26.1 Å². The van der Waals surface area contributed by atoms with E-state index in [1.165, 1.54) is 115 Å². The molecule has 6 rings (SSSR count). The average molecular weight is 651 g/mol. The third-order valence-corrected chi connectivity index (χ3v) is 10.7. The summed E-state index contributed by atoms with van der Waals surface area (Å²) >= 11 is 6.06. The Morgan fingerprint density at radius 2 is 1.37 bits per heavy atom. The number of para-hydroxylation sites is 1. The molecule has 3 aromatic rings. The van der Waals surface area contributed by atoms with E-state index in [1.807, 2.05) is 24.3 Å². The molecule has 3 saturated heterocycles. The van der Waals surface area contributed by atoms with Crippen LogP contribution < -0.4 is 4.74 Å². The topological polar surface area (TPSA) is 49.2 Å². The first-order valence-corrected chi connectivity index (χ1v) is 18.3. The number of nitrogens with zero attached hydrogens (tertiary/aromatic N) is 6. The zero-order chi connectivity index (χ0) is 31.6. The van der Waals surface area contributed by atoms with Crippen LogP contribution in [0, 0.1) is 12.8 Å². The fourth-order valence-corrected chi connectivity index (χ4v) is 7.55. The van der Waals surface area contributed by atoms with E-state index in [0.717, 1.165) is 60.9 Å². The van der Waals surface area contributed by atoms with E-state index in [-0.39, 0.29) is 0 Å². The second-order valence-electron chi connectivity index (χ2n) is 13.6. The molecule has 0 amide bonds. The summed E-state index contributed by atoms with van der Waals surface area (Å²) in [5, 5.41) is 0.719. The molecule has 8 nitrogen and oxygen atoms in total. The smallest absolute Gasteiger partial charge is 0.148 e. The lowest BCUT2D eigenvalue weighted by molar-refractivity contribution is 0.0298. The number of hydrogen-bond acceptors (Lipinski definition) is 7. The Bertz CT molecular complexity index is 1330. The number of aromatic nitrogens is 2. The van der Waals surface area contributed by atoms with Gasteiger partial charge < -0.3 is 23.8 Å². The zero-order valence-electron chi connectivity index (χ0n) is 28.1. The SMILES string of the molecule is Cc1cccc2c1nc(COc1ccc(Cl)cc1)n2CCCC1CCN(CCCCN2CCN(CCN3CCOCC3)CC2)CC1. The standard InChI is InChI=1S/C37H55ClN6O2/c1-31-6-4-8-35-37(31)39-36(30-46-34-11-9-33(38)10-12-34)44(35)17-5-7-32-13-18-40(19-14-32)15-2-3-16-41-20-22-42(23-21-41)24-25-43-26-28-45-29-27-43/h4,6,8-12,32H,2-3,5,7,13-30H2,1H3. The van der Waals surface area contributed by atoms with Crippen LogP contribution in [-0.4, -0.2) is 121 Å². The van der Waals surface area contributed by atoms with Crippen LogP contribution in [0.3, 0.4) is 0 Å². The number of aryl methyl sites for hydroxylation is 2. The van der Waals surface area contributed by atoms with Crippen molar-refractivity contribution < 1.29 is 9.47 Å². The minimum atomic E-state index is 0.458. The van der Waals surface area contributed by atoms with Gasteiger partial charge in [0, 0.05) is 63.9 Å². The summed E-state index contributed by atoms with van der Waals surface area (Å²) in [4.78, 5) is 15.6. The number of piperazine rings is 1. The molecule has 0 unspecified atom stereocenters. The van der Waals surface area contributed by atoms with Crippen molar-refractivity contribution in [2.45, 2.75) is 58.6 Å². The van der Waals surface area contributed by atoms with Crippen molar-refractivity contribution in [2.24, 2.45) is 5.92 Å². The fourth-order valence-electron chi connectivity index (χ4n) is 7.43. The lowest BCUT2D eigenvalue weighted by Gasteiger charge is -2.36. The van der Waals surface area contributed by atoms with Crippen LogP contribution in [0.15, 0.2) is 42.5 Å². The van der Waals surface area contributed by atoms with Crippen molar-refractivity contribution in [3.63, 3.8) is 0 Å². The molecule has 0 atom stereocenters. The van der Waals surface area contributed by atoms with Crippen LogP contribution in [0.2, 0.25) is 5.02 Å².